The first-order valence-electron chi connectivity index (χ1n) is 9.16. The number of hydrogen-bond acceptors (Lipinski definition) is 4. The zero-order valence-corrected chi connectivity index (χ0v) is 16.0. The van der Waals surface area contributed by atoms with Crippen LogP contribution in [0.5, 0.6) is 0 Å². The molecule has 2 aliphatic rings. The highest BCUT2D eigenvalue weighted by Crippen LogP contribution is 2.57. The van der Waals surface area contributed by atoms with Crippen LogP contribution in [-0.4, -0.2) is 29.6 Å². The number of carbonyl (C=O) groups is 1. The highest BCUT2D eigenvalue weighted by atomic mass is 32.1. The Balaban J connectivity index is 1.56. The van der Waals surface area contributed by atoms with Gasteiger partial charge in [0.25, 0.3) is 5.91 Å². The van der Waals surface area contributed by atoms with Gasteiger partial charge in [0.15, 0.2) is 0 Å². The van der Waals surface area contributed by atoms with Crippen molar-refractivity contribution in [2.75, 3.05) is 6.61 Å². The Hall–Kier alpha value is -1.67. The summed E-state index contributed by atoms with van der Waals surface area (Å²) in [6.07, 6.45) is -0.274. The Kier molecular flexibility index (Phi) is 4.46. The van der Waals surface area contributed by atoms with E-state index in [1.807, 2.05) is 6.92 Å². The maximum Gasteiger partial charge on any atom is 0.433 e. The number of amides is 1. The average Bonchev–Trinajstić information content (AvgIpc) is 2.88. The molecular formula is C19H21F3N2O2S. The van der Waals surface area contributed by atoms with E-state index >= 15 is 0 Å². The van der Waals surface area contributed by atoms with Crippen LogP contribution in [0, 0.1) is 12.3 Å². The lowest BCUT2D eigenvalue weighted by Crippen LogP contribution is -2.67. The van der Waals surface area contributed by atoms with Crippen molar-refractivity contribution in [3.8, 4) is 0 Å². The van der Waals surface area contributed by atoms with Gasteiger partial charge in [0.05, 0.1) is 11.0 Å². The van der Waals surface area contributed by atoms with Gasteiger partial charge in [0, 0.05) is 23.4 Å². The Morgan fingerprint density at radius 3 is 2.74 bits per heavy atom. The SMILES string of the molecule is CCO[C@H]1C[C@@H](NC(=O)c2sc3nc(C(F)(F)F)ccc3c2C)C12CCC2. The molecule has 1 N–H and O–H groups in total. The van der Waals surface area contributed by atoms with E-state index in [4.69, 9.17) is 4.74 Å². The van der Waals surface area contributed by atoms with Crippen LogP contribution in [0.2, 0.25) is 0 Å². The number of fused-ring (bicyclic) bond motifs is 1. The molecule has 2 heterocycles. The summed E-state index contributed by atoms with van der Waals surface area (Å²) in [6.45, 7) is 4.39. The summed E-state index contributed by atoms with van der Waals surface area (Å²) in [7, 11) is 0. The number of nitrogens with zero attached hydrogens (tertiary/aromatic N) is 1. The van der Waals surface area contributed by atoms with Crippen molar-refractivity contribution in [3.05, 3.63) is 28.3 Å². The predicted molar refractivity (Wildman–Crippen MR) is 96.9 cm³/mol. The molecule has 2 aromatic rings. The molecule has 0 saturated heterocycles. The first-order chi connectivity index (χ1) is 12.8. The zero-order chi connectivity index (χ0) is 19.4. The molecule has 2 aliphatic carbocycles. The number of aryl methyl sites for hydroxylation is 1. The molecule has 0 aliphatic heterocycles. The van der Waals surface area contributed by atoms with Crippen LogP contribution in [0.3, 0.4) is 0 Å². The second-order valence-corrected chi connectivity index (χ2v) is 8.39. The van der Waals surface area contributed by atoms with Crippen molar-refractivity contribution in [3.63, 3.8) is 0 Å². The van der Waals surface area contributed by atoms with E-state index in [1.54, 1.807) is 6.92 Å². The number of halogens is 3. The van der Waals surface area contributed by atoms with Gasteiger partial charge in [-0.3, -0.25) is 4.79 Å². The Labute approximate surface area is 159 Å². The van der Waals surface area contributed by atoms with E-state index in [2.05, 4.69) is 10.3 Å². The molecule has 2 atom stereocenters. The van der Waals surface area contributed by atoms with Gasteiger partial charge in [-0.25, -0.2) is 4.98 Å². The predicted octanol–water partition coefficient (Wildman–Crippen LogP) is 4.70. The van der Waals surface area contributed by atoms with Crippen molar-refractivity contribution in [2.24, 2.45) is 5.41 Å². The van der Waals surface area contributed by atoms with Gasteiger partial charge in [-0.1, -0.05) is 6.42 Å². The van der Waals surface area contributed by atoms with E-state index < -0.39 is 11.9 Å². The van der Waals surface area contributed by atoms with Gasteiger partial charge in [-0.05, 0) is 50.8 Å². The van der Waals surface area contributed by atoms with Crippen LogP contribution >= 0.6 is 11.3 Å². The second-order valence-electron chi connectivity index (χ2n) is 7.40. The third kappa shape index (κ3) is 2.93. The highest BCUT2D eigenvalue weighted by Gasteiger charge is 2.59. The van der Waals surface area contributed by atoms with Crippen LogP contribution in [0.15, 0.2) is 12.1 Å². The van der Waals surface area contributed by atoms with Crippen LogP contribution < -0.4 is 5.32 Å². The smallest absolute Gasteiger partial charge is 0.378 e. The summed E-state index contributed by atoms with van der Waals surface area (Å²) in [4.78, 5) is 17.2. The quantitative estimate of drug-likeness (QED) is 0.812. The number of rotatable bonds is 4. The van der Waals surface area contributed by atoms with Crippen molar-refractivity contribution in [1.29, 1.82) is 0 Å². The first kappa shape index (κ1) is 18.7. The van der Waals surface area contributed by atoms with E-state index in [0.29, 0.717) is 22.4 Å². The molecule has 1 spiro atoms. The van der Waals surface area contributed by atoms with Gasteiger partial charge in [0.2, 0.25) is 0 Å². The van der Waals surface area contributed by atoms with Crippen molar-refractivity contribution >= 4 is 27.5 Å². The average molecular weight is 398 g/mol. The van der Waals surface area contributed by atoms with Crippen molar-refractivity contribution in [1.82, 2.24) is 10.3 Å². The number of aromatic nitrogens is 1. The fraction of sp³-hybridized carbons (Fsp3) is 0.579. The first-order valence-corrected chi connectivity index (χ1v) is 9.97. The van der Waals surface area contributed by atoms with Crippen LogP contribution in [0.1, 0.15) is 53.5 Å². The number of nitrogens with one attached hydrogen (secondary N) is 1. The minimum Gasteiger partial charge on any atom is -0.378 e. The summed E-state index contributed by atoms with van der Waals surface area (Å²) in [5.74, 6) is -0.227. The number of carbonyl (C=O) groups excluding carboxylic acids is 1. The van der Waals surface area contributed by atoms with Gasteiger partial charge < -0.3 is 10.1 Å². The molecule has 2 fully saturated rings. The number of ether oxygens (including phenoxy) is 1. The molecule has 2 saturated carbocycles. The van der Waals surface area contributed by atoms with Gasteiger partial charge in [-0.2, -0.15) is 13.2 Å². The van der Waals surface area contributed by atoms with Gasteiger partial charge in [0.1, 0.15) is 10.5 Å². The maximum absolute atomic E-state index is 12.9. The Morgan fingerprint density at radius 2 is 2.15 bits per heavy atom. The van der Waals surface area contributed by atoms with E-state index in [0.717, 1.165) is 43.1 Å². The van der Waals surface area contributed by atoms with E-state index in [9.17, 15) is 18.0 Å². The molecule has 8 heteroatoms. The summed E-state index contributed by atoms with van der Waals surface area (Å²) in [6, 6.07) is 2.43. The zero-order valence-electron chi connectivity index (χ0n) is 15.2. The normalized spacial score (nSPS) is 23.9. The molecule has 1 amide bonds. The summed E-state index contributed by atoms with van der Waals surface area (Å²) in [5.41, 5.74) is -0.218. The minimum absolute atomic E-state index is 0.0396. The molecule has 4 rings (SSSR count). The molecule has 2 aromatic heterocycles. The standard InChI is InChI=1S/C19H21F3N2O2S/c1-3-26-14-9-13(18(14)7-4-8-18)23-16(25)15-10(2)11-5-6-12(19(20,21)22)24-17(11)27-15/h5-6,13-14H,3-4,7-9H2,1-2H3,(H,23,25)/t13-,14+/m1/s1. The summed E-state index contributed by atoms with van der Waals surface area (Å²) >= 11 is 1.02. The van der Waals surface area contributed by atoms with Crippen molar-refractivity contribution in [2.45, 2.75) is 57.9 Å². The number of thiophene rings is 1. The molecule has 0 radical (unpaired) electrons. The lowest BCUT2D eigenvalue weighted by molar-refractivity contribution is -0.169. The topological polar surface area (TPSA) is 51.2 Å². The molecule has 0 bridgehead atoms. The Morgan fingerprint density at radius 1 is 1.41 bits per heavy atom. The van der Waals surface area contributed by atoms with Crippen LogP contribution in [0.4, 0.5) is 13.2 Å². The van der Waals surface area contributed by atoms with Crippen LogP contribution in [0.25, 0.3) is 10.2 Å². The number of alkyl halides is 3. The molecule has 27 heavy (non-hydrogen) atoms. The largest absolute Gasteiger partial charge is 0.433 e. The molecule has 4 nitrogen and oxygen atoms in total. The second kappa shape index (κ2) is 6.44. The fourth-order valence-electron chi connectivity index (χ4n) is 4.34. The third-order valence-corrected chi connectivity index (χ3v) is 7.24. The van der Waals surface area contributed by atoms with E-state index in [1.165, 1.54) is 6.07 Å². The van der Waals surface area contributed by atoms with E-state index in [-0.39, 0.29) is 28.3 Å². The maximum atomic E-state index is 12.9. The summed E-state index contributed by atoms with van der Waals surface area (Å²) in [5, 5.41) is 3.70. The Bertz CT molecular complexity index is 889. The molecule has 146 valence electrons. The number of hydrogen-bond donors (Lipinski definition) is 1. The molecular weight excluding hydrogens is 377 g/mol. The molecule has 0 unspecified atom stereocenters. The highest BCUT2D eigenvalue weighted by molar-refractivity contribution is 7.20. The minimum atomic E-state index is -4.49. The van der Waals surface area contributed by atoms with Crippen LogP contribution in [-0.2, 0) is 10.9 Å². The monoisotopic (exact) mass is 398 g/mol. The fourth-order valence-corrected chi connectivity index (χ4v) is 5.42. The van der Waals surface area contributed by atoms with Crippen molar-refractivity contribution < 1.29 is 22.7 Å². The molecule has 0 aromatic carbocycles. The van der Waals surface area contributed by atoms with Gasteiger partial charge in [-0.15, -0.1) is 11.3 Å². The van der Waals surface area contributed by atoms with Gasteiger partial charge >= 0.3 is 6.18 Å². The third-order valence-electron chi connectivity index (χ3n) is 6.04. The lowest BCUT2D eigenvalue weighted by atomic mass is 9.51. The lowest BCUT2D eigenvalue weighted by Gasteiger charge is -2.60. The summed E-state index contributed by atoms with van der Waals surface area (Å²) < 4.78 is 44.5. The number of pyridine rings is 1.